The van der Waals surface area contributed by atoms with E-state index in [9.17, 15) is 8.78 Å². The summed E-state index contributed by atoms with van der Waals surface area (Å²) in [6.07, 6.45) is 0.707. The Hall–Kier alpha value is -2.43. The predicted molar refractivity (Wildman–Crippen MR) is 89.3 cm³/mol. The Bertz CT molecular complexity index is 639. The van der Waals surface area contributed by atoms with E-state index < -0.39 is 0 Å². The lowest BCUT2D eigenvalue weighted by molar-refractivity contribution is 0.625. The minimum Gasteiger partial charge on any atom is -0.357 e. The fourth-order valence-corrected chi connectivity index (χ4v) is 2.12. The van der Waals surface area contributed by atoms with Crippen molar-refractivity contribution < 1.29 is 8.78 Å². The van der Waals surface area contributed by atoms with Crippen molar-refractivity contribution in [2.45, 2.75) is 19.9 Å². The third kappa shape index (κ3) is 6.06. The highest BCUT2D eigenvalue weighted by Gasteiger charge is 2.00. The lowest BCUT2D eigenvalue weighted by Gasteiger charge is -2.11. The number of guanidine groups is 1. The summed E-state index contributed by atoms with van der Waals surface area (Å²) in [5.41, 5.74) is 1.88. The molecule has 0 heterocycles. The van der Waals surface area contributed by atoms with E-state index in [1.807, 2.05) is 13.0 Å². The molecular formula is C18H21F2N3. The van der Waals surface area contributed by atoms with Crippen LogP contribution in [0.15, 0.2) is 53.5 Å². The molecule has 0 bridgehead atoms. The first kappa shape index (κ1) is 16.9. The van der Waals surface area contributed by atoms with Crippen LogP contribution in [-0.4, -0.2) is 19.0 Å². The molecule has 0 unspecified atom stereocenters. The molecule has 2 aromatic rings. The van der Waals surface area contributed by atoms with E-state index in [0.717, 1.165) is 17.7 Å². The first-order valence-electron chi connectivity index (χ1n) is 7.68. The van der Waals surface area contributed by atoms with Gasteiger partial charge in [0.2, 0.25) is 0 Å². The summed E-state index contributed by atoms with van der Waals surface area (Å²) in [5, 5.41) is 6.37. The zero-order chi connectivity index (χ0) is 16.5. The predicted octanol–water partition coefficient (Wildman–Crippen LogP) is 3.26. The molecule has 23 heavy (non-hydrogen) atoms. The van der Waals surface area contributed by atoms with Gasteiger partial charge in [0.1, 0.15) is 11.6 Å². The number of hydrogen-bond acceptors (Lipinski definition) is 1. The topological polar surface area (TPSA) is 36.4 Å². The SMILES string of the molecule is CCNC(=NCc1ccc(F)cc1)NCCc1cccc(F)c1. The number of nitrogens with one attached hydrogen (secondary N) is 2. The summed E-state index contributed by atoms with van der Waals surface area (Å²) in [5.74, 6) is 0.213. The van der Waals surface area contributed by atoms with Gasteiger partial charge in [0.25, 0.3) is 0 Å². The number of aliphatic imine (C=N–C) groups is 1. The van der Waals surface area contributed by atoms with E-state index in [2.05, 4.69) is 15.6 Å². The fourth-order valence-electron chi connectivity index (χ4n) is 2.12. The Balaban J connectivity index is 1.87. The van der Waals surface area contributed by atoms with Gasteiger partial charge >= 0.3 is 0 Å². The monoisotopic (exact) mass is 317 g/mol. The summed E-state index contributed by atoms with van der Waals surface area (Å²) < 4.78 is 26.0. The molecule has 0 spiro atoms. The van der Waals surface area contributed by atoms with Crippen LogP contribution >= 0.6 is 0 Å². The van der Waals surface area contributed by atoms with Crippen molar-refractivity contribution in [3.8, 4) is 0 Å². The number of hydrogen-bond donors (Lipinski definition) is 2. The molecule has 0 fully saturated rings. The Morgan fingerprint density at radius 3 is 2.43 bits per heavy atom. The van der Waals surface area contributed by atoms with Crippen LogP contribution in [0.3, 0.4) is 0 Å². The van der Waals surface area contributed by atoms with Crippen molar-refractivity contribution in [3.63, 3.8) is 0 Å². The molecule has 2 rings (SSSR count). The molecule has 3 nitrogen and oxygen atoms in total. The van der Waals surface area contributed by atoms with Crippen LogP contribution in [0.25, 0.3) is 0 Å². The van der Waals surface area contributed by atoms with Crippen LogP contribution < -0.4 is 10.6 Å². The Kier molecular flexibility index (Phi) is 6.54. The Morgan fingerprint density at radius 1 is 0.957 bits per heavy atom. The quantitative estimate of drug-likeness (QED) is 0.634. The third-order valence-corrected chi connectivity index (χ3v) is 3.27. The highest BCUT2D eigenvalue weighted by molar-refractivity contribution is 5.79. The van der Waals surface area contributed by atoms with Gasteiger partial charge in [0.15, 0.2) is 5.96 Å². The van der Waals surface area contributed by atoms with Gasteiger partial charge < -0.3 is 10.6 Å². The van der Waals surface area contributed by atoms with E-state index in [-0.39, 0.29) is 11.6 Å². The van der Waals surface area contributed by atoms with E-state index >= 15 is 0 Å². The molecule has 2 N–H and O–H groups in total. The Labute approximate surface area is 135 Å². The van der Waals surface area contributed by atoms with E-state index in [1.54, 1.807) is 18.2 Å². The van der Waals surface area contributed by atoms with Crippen LogP contribution in [0.5, 0.6) is 0 Å². The van der Waals surface area contributed by atoms with Crippen molar-refractivity contribution >= 4 is 5.96 Å². The third-order valence-electron chi connectivity index (χ3n) is 3.27. The average molecular weight is 317 g/mol. The fraction of sp³-hybridized carbons (Fsp3) is 0.278. The van der Waals surface area contributed by atoms with Crippen LogP contribution in [-0.2, 0) is 13.0 Å². The number of halogens is 2. The highest BCUT2D eigenvalue weighted by atomic mass is 19.1. The molecule has 0 saturated heterocycles. The van der Waals surface area contributed by atoms with Crippen LogP contribution in [0.1, 0.15) is 18.1 Å². The Morgan fingerprint density at radius 2 is 1.74 bits per heavy atom. The van der Waals surface area contributed by atoms with Crippen molar-refractivity contribution in [2.24, 2.45) is 4.99 Å². The largest absolute Gasteiger partial charge is 0.357 e. The van der Waals surface area contributed by atoms with Crippen LogP contribution in [0, 0.1) is 11.6 Å². The smallest absolute Gasteiger partial charge is 0.191 e. The maximum atomic E-state index is 13.1. The van der Waals surface area contributed by atoms with E-state index in [1.165, 1.54) is 24.3 Å². The van der Waals surface area contributed by atoms with Gasteiger partial charge in [-0.15, -0.1) is 0 Å². The zero-order valence-electron chi connectivity index (χ0n) is 13.2. The van der Waals surface area contributed by atoms with Gasteiger partial charge in [-0.3, -0.25) is 0 Å². The zero-order valence-corrected chi connectivity index (χ0v) is 13.2. The summed E-state index contributed by atoms with van der Waals surface area (Å²) in [6, 6.07) is 12.9. The summed E-state index contributed by atoms with van der Waals surface area (Å²) in [6.45, 7) is 3.85. The lowest BCUT2D eigenvalue weighted by atomic mass is 10.1. The molecule has 5 heteroatoms. The molecule has 0 amide bonds. The first-order valence-corrected chi connectivity index (χ1v) is 7.68. The molecule has 0 aromatic heterocycles. The minimum atomic E-state index is -0.252. The average Bonchev–Trinajstić information content (AvgIpc) is 2.54. The summed E-state index contributed by atoms with van der Waals surface area (Å²) in [4.78, 5) is 4.46. The van der Waals surface area contributed by atoms with Crippen molar-refractivity contribution in [1.82, 2.24) is 10.6 Å². The van der Waals surface area contributed by atoms with Gasteiger partial charge in [-0.1, -0.05) is 24.3 Å². The molecular weight excluding hydrogens is 296 g/mol. The van der Waals surface area contributed by atoms with Crippen LogP contribution in [0.4, 0.5) is 8.78 Å². The lowest BCUT2D eigenvalue weighted by Crippen LogP contribution is -2.38. The molecule has 122 valence electrons. The molecule has 0 aliphatic heterocycles. The van der Waals surface area contributed by atoms with Crippen molar-refractivity contribution in [1.29, 1.82) is 0 Å². The molecule has 0 saturated carbocycles. The second-order valence-corrected chi connectivity index (χ2v) is 5.13. The normalized spacial score (nSPS) is 11.3. The first-order chi connectivity index (χ1) is 11.2. The second-order valence-electron chi connectivity index (χ2n) is 5.13. The highest BCUT2D eigenvalue weighted by Crippen LogP contribution is 2.05. The van der Waals surface area contributed by atoms with Gasteiger partial charge in [0.05, 0.1) is 6.54 Å². The molecule has 0 aliphatic rings. The van der Waals surface area contributed by atoms with Gasteiger partial charge in [-0.2, -0.15) is 0 Å². The van der Waals surface area contributed by atoms with Crippen LogP contribution in [0.2, 0.25) is 0 Å². The standard InChI is InChI=1S/C18H21F2N3/c1-2-21-18(23-13-15-6-8-16(19)9-7-15)22-11-10-14-4-3-5-17(20)12-14/h3-9,12H,2,10-11,13H2,1H3,(H2,21,22,23). The number of nitrogens with zero attached hydrogens (tertiary/aromatic N) is 1. The van der Waals surface area contributed by atoms with E-state index in [4.69, 9.17) is 0 Å². The molecule has 0 aliphatic carbocycles. The molecule has 2 aromatic carbocycles. The van der Waals surface area contributed by atoms with Gasteiger partial charge in [0, 0.05) is 13.1 Å². The summed E-state index contributed by atoms with van der Waals surface area (Å²) in [7, 11) is 0. The molecule has 0 atom stereocenters. The maximum absolute atomic E-state index is 13.1. The van der Waals surface area contributed by atoms with E-state index in [0.29, 0.717) is 25.5 Å². The minimum absolute atomic E-state index is 0.223. The van der Waals surface area contributed by atoms with Crippen molar-refractivity contribution in [2.75, 3.05) is 13.1 Å². The maximum Gasteiger partial charge on any atom is 0.191 e. The van der Waals surface area contributed by atoms with Crippen molar-refractivity contribution in [3.05, 3.63) is 71.3 Å². The number of rotatable bonds is 6. The number of benzene rings is 2. The molecule has 0 radical (unpaired) electrons. The second kappa shape index (κ2) is 8.88. The van der Waals surface area contributed by atoms with Gasteiger partial charge in [-0.25, -0.2) is 13.8 Å². The van der Waals surface area contributed by atoms with Gasteiger partial charge in [-0.05, 0) is 48.7 Å². The summed E-state index contributed by atoms with van der Waals surface area (Å²) >= 11 is 0.